The fourth-order valence-corrected chi connectivity index (χ4v) is 4.56. The molecule has 31 heavy (non-hydrogen) atoms. The van der Waals surface area contributed by atoms with Crippen LogP contribution in [0, 0.1) is 5.41 Å². The molecule has 160 valence electrons. The molecule has 4 rings (SSSR count). The predicted molar refractivity (Wildman–Crippen MR) is 123 cm³/mol. The number of aliphatic carboxylic acids is 1. The van der Waals surface area contributed by atoms with Crippen LogP contribution in [0.15, 0.2) is 54.1 Å². The summed E-state index contributed by atoms with van der Waals surface area (Å²) in [5.74, 6) is -2.04. The number of carboxylic acid groups (broad SMARTS) is 1. The van der Waals surface area contributed by atoms with Gasteiger partial charge in [-0.1, -0.05) is 43.5 Å². The van der Waals surface area contributed by atoms with Crippen molar-refractivity contribution in [1.29, 1.82) is 5.41 Å². The minimum atomic E-state index is -1.43. The minimum Gasteiger partial charge on any atom is -0.477 e. The normalized spacial score (nSPS) is 16.6. The Morgan fingerprint density at radius 1 is 1.06 bits per heavy atom. The molecule has 0 bridgehead atoms. The SMILES string of the molecule is N=C(C(=O)O)/C(=C/c1ccc2c(c1)CCN2C1CCCCC1)C(=O)Nc1ccccc1. The van der Waals surface area contributed by atoms with Crippen molar-refractivity contribution >= 4 is 35.0 Å². The van der Waals surface area contributed by atoms with Gasteiger partial charge in [0.15, 0.2) is 5.71 Å². The first-order valence-electron chi connectivity index (χ1n) is 10.8. The van der Waals surface area contributed by atoms with E-state index in [1.807, 2.05) is 18.2 Å². The second-order valence-electron chi connectivity index (χ2n) is 8.18. The lowest BCUT2D eigenvalue weighted by Crippen LogP contribution is -2.35. The number of rotatable bonds is 6. The molecule has 2 aromatic rings. The monoisotopic (exact) mass is 417 g/mol. The fourth-order valence-electron chi connectivity index (χ4n) is 4.56. The van der Waals surface area contributed by atoms with Crippen molar-refractivity contribution in [2.45, 2.75) is 44.6 Å². The summed E-state index contributed by atoms with van der Waals surface area (Å²) >= 11 is 0. The van der Waals surface area contributed by atoms with Gasteiger partial charge in [-0.15, -0.1) is 0 Å². The van der Waals surface area contributed by atoms with Crippen LogP contribution in [-0.2, 0) is 16.0 Å². The number of hydrogen-bond acceptors (Lipinski definition) is 4. The highest BCUT2D eigenvalue weighted by molar-refractivity contribution is 6.50. The van der Waals surface area contributed by atoms with Gasteiger partial charge >= 0.3 is 5.97 Å². The summed E-state index contributed by atoms with van der Waals surface area (Å²) in [6, 6.07) is 15.4. The Bertz CT molecular complexity index is 1020. The van der Waals surface area contributed by atoms with E-state index >= 15 is 0 Å². The highest BCUT2D eigenvalue weighted by Gasteiger charge is 2.27. The summed E-state index contributed by atoms with van der Waals surface area (Å²) in [5.41, 5.74) is 2.84. The standard InChI is InChI=1S/C25H27N3O3/c26-23(25(30)31)21(24(29)27-19-7-3-1-4-8-19)16-17-11-12-22-18(15-17)13-14-28(22)20-9-5-2-6-10-20/h1,3-4,7-8,11-12,15-16,20,26H,2,5-6,9-10,13-14H2,(H,27,29)(H,30,31)/b21-16-,26-23?. The van der Waals surface area contributed by atoms with Crippen molar-refractivity contribution in [3.63, 3.8) is 0 Å². The highest BCUT2D eigenvalue weighted by atomic mass is 16.4. The zero-order valence-corrected chi connectivity index (χ0v) is 17.4. The number of hydrogen-bond donors (Lipinski definition) is 3. The number of carboxylic acids is 1. The second kappa shape index (κ2) is 9.16. The van der Waals surface area contributed by atoms with E-state index in [-0.39, 0.29) is 5.57 Å². The van der Waals surface area contributed by atoms with Gasteiger partial charge in [0, 0.05) is 24.0 Å². The molecule has 6 nitrogen and oxygen atoms in total. The van der Waals surface area contributed by atoms with Gasteiger partial charge in [0.05, 0.1) is 5.57 Å². The highest BCUT2D eigenvalue weighted by Crippen LogP contribution is 2.35. The molecule has 1 heterocycles. The maximum Gasteiger partial charge on any atom is 0.354 e. The second-order valence-corrected chi connectivity index (χ2v) is 8.18. The van der Waals surface area contributed by atoms with Gasteiger partial charge in [0.1, 0.15) is 0 Å². The Balaban J connectivity index is 1.59. The van der Waals surface area contributed by atoms with Crippen LogP contribution in [-0.4, -0.2) is 35.3 Å². The van der Waals surface area contributed by atoms with Crippen molar-refractivity contribution in [3.8, 4) is 0 Å². The molecule has 0 atom stereocenters. The van der Waals surface area contributed by atoms with E-state index in [0.29, 0.717) is 11.7 Å². The van der Waals surface area contributed by atoms with Crippen LogP contribution in [0.4, 0.5) is 11.4 Å². The first-order chi connectivity index (χ1) is 15.0. The molecule has 0 aromatic heterocycles. The fraction of sp³-hybridized carbons (Fsp3) is 0.320. The lowest BCUT2D eigenvalue weighted by Gasteiger charge is -2.33. The van der Waals surface area contributed by atoms with Crippen molar-refractivity contribution in [3.05, 3.63) is 65.2 Å². The number of nitrogens with zero attached hydrogens (tertiary/aromatic N) is 1. The minimum absolute atomic E-state index is 0.168. The molecule has 1 aliphatic carbocycles. The number of fused-ring (bicyclic) bond motifs is 1. The van der Waals surface area contributed by atoms with E-state index in [4.69, 9.17) is 5.41 Å². The first kappa shape index (κ1) is 20.8. The molecule has 2 aliphatic rings. The largest absolute Gasteiger partial charge is 0.477 e. The third-order valence-corrected chi connectivity index (χ3v) is 6.12. The molecule has 0 spiro atoms. The molecule has 0 saturated heterocycles. The van der Waals surface area contributed by atoms with E-state index in [1.165, 1.54) is 49.4 Å². The number of carbonyl (C=O) groups is 2. The molecule has 2 aromatic carbocycles. The Kier molecular flexibility index (Phi) is 6.16. The number of amides is 1. The third-order valence-electron chi connectivity index (χ3n) is 6.12. The molecule has 1 amide bonds. The lowest BCUT2D eigenvalue weighted by molar-refractivity contribution is -0.129. The maximum atomic E-state index is 12.8. The molecular weight excluding hydrogens is 390 g/mol. The quantitative estimate of drug-likeness (QED) is 0.476. The van der Waals surface area contributed by atoms with E-state index in [1.54, 1.807) is 24.3 Å². The van der Waals surface area contributed by atoms with Gasteiger partial charge in [0.25, 0.3) is 5.91 Å². The Morgan fingerprint density at radius 2 is 1.81 bits per heavy atom. The summed E-state index contributed by atoms with van der Waals surface area (Å²) in [7, 11) is 0. The first-order valence-corrected chi connectivity index (χ1v) is 10.8. The average Bonchev–Trinajstić information content (AvgIpc) is 3.21. The van der Waals surface area contributed by atoms with Crippen LogP contribution >= 0.6 is 0 Å². The van der Waals surface area contributed by atoms with E-state index in [0.717, 1.165) is 18.5 Å². The van der Waals surface area contributed by atoms with E-state index < -0.39 is 17.6 Å². The molecule has 1 aliphatic heterocycles. The van der Waals surface area contributed by atoms with Gasteiger partial charge in [-0.05, 0) is 60.7 Å². The molecule has 1 saturated carbocycles. The topological polar surface area (TPSA) is 93.5 Å². The average molecular weight is 418 g/mol. The Morgan fingerprint density at radius 3 is 2.52 bits per heavy atom. The van der Waals surface area contributed by atoms with Gasteiger partial charge in [-0.25, -0.2) is 4.79 Å². The van der Waals surface area contributed by atoms with Crippen LogP contribution in [0.2, 0.25) is 0 Å². The molecule has 0 radical (unpaired) electrons. The van der Waals surface area contributed by atoms with Gasteiger partial charge < -0.3 is 15.3 Å². The number of benzene rings is 2. The predicted octanol–water partition coefficient (Wildman–Crippen LogP) is 4.51. The number of nitrogens with one attached hydrogen (secondary N) is 2. The van der Waals surface area contributed by atoms with Crippen LogP contribution in [0.1, 0.15) is 43.2 Å². The van der Waals surface area contributed by atoms with Gasteiger partial charge in [0.2, 0.25) is 0 Å². The summed E-state index contributed by atoms with van der Waals surface area (Å²) in [5, 5.41) is 19.9. The smallest absolute Gasteiger partial charge is 0.354 e. The zero-order chi connectivity index (χ0) is 21.8. The van der Waals surface area contributed by atoms with Gasteiger partial charge in [-0.3, -0.25) is 10.2 Å². The molecule has 3 N–H and O–H groups in total. The Hall–Kier alpha value is -3.41. The third kappa shape index (κ3) is 4.68. The van der Waals surface area contributed by atoms with Crippen LogP contribution in [0.25, 0.3) is 6.08 Å². The number of carbonyl (C=O) groups excluding carboxylic acids is 1. The summed E-state index contributed by atoms with van der Waals surface area (Å²) in [6.07, 6.45) is 8.81. The molecule has 1 fully saturated rings. The molecular formula is C25H27N3O3. The lowest BCUT2D eigenvalue weighted by atomic mass is 9.94. The van der Waals surface area contributed by atoms with E-state index in [9.17, 15) is 14.7 Å². The van der Waals surface area contributed by atoms with Crippen molar-refractivity contribution in [1.82, 2.24) is 0 Å². The molecule has 0 unspecified atom stereocenters. The summed E-state index contributed by atoms with van der Waals surface area (Å²) in [4.78, 5) is 26.7. The van der Waals surface area contributed by atoms with Gasteiger partial charge in [-0.2, -0.15) is 0 Å². The summed E-state index contributed by atoms with van der Waals surface area (Å²) < 4.78 is 0. The maximum absolute atomic E-state index is 12.8. The summed E-state index contributed by atoms with van der Waals surface area (Å²) in [6.45, 7) is 0.999. The van der Waals surface area contributed by atoms with Crippen LogP contribution in [0.5, 0.6) is 0 Å². The van der Waals surface area contributed by atoms with Crippen molar-refractivity contribution < 1.29 is 14.7 Å². The van der Waals surface area contributed by atoms with Crippen molar-refractivity contribution in [2.75, 3.05) is 16.8 Å². The number of anilines is 2. The molecule has 6 heteroatoms. The van der Waals surface area contributed by atoms with E-state index in [2.05, 4.69) is 16.3 Å². The van der Waals surface area contributed by atoms with Crippen LogP contribution < -0.4 is 10.2 Å². The number of para-hydroxylation sites is 1. The van der Waals surface area contributed by atoms with Crippen molar-refractivity contribution in [2.24, 2.45) is 0 Å². The zero-order valence-electron chi connectivity index (χ0n) is 17.4. The van der Waals surface area contributed by atoms with Crippen LogP contribution in [0.3, 0.4) is 0 Å². The Labute approximate surface area is 182 Å².